The minimum absolute atomic E-state index is 0.0356. The summed E-state index contributed by atoms with van der Waals surface area (Å²) in [6.45, 7) is 4.95. The predicted molar refractivity (Wildman–Crippen MR) is 78.5 cm³/mol. The number of carbonyl (C=O) groups excluding carboxylic acids is 1. The van der Waals surface area contributed by atoms with E-state index in [4.69, 9.17) is 4.74 Å². The Hall–Kier alpha value is -1.69. The molecule has 4 nitrogen and oxygen atoms in total. The van der Waals surface area contributed by atoms with Crippen molar-refractivity contribution in [1.29, 1.82) is 0 Å². The molecule has 0 spiro atoms. The average Bonchev–Trinajstić information content (AvgIpc) is 2.42. The predicted octanol–water partition coefficient (Wildman–Crippen LogP) is 2.80. The second-order valence-corrected chi connectivity index (χ2v) is 5.65. The van der Waals surface area contributed by atoms with Crippen LogP contribution in [0.2, 0.25) is 0 Å². The van der Waals surface area contributed by atoms with E-state index in [1.54, 1.807) is 7.11 Å². The van der Waals surface area contributed by atoms with E-state index in [1.807, 2.05) is 13.8 Å². The largest absolute Gasteiger partial charge is 0.385 e. The molecule has 21 heavy (non-hydrogen) atoms. The van der Waals surface area contributed by atoms with Crippen LogP contribution >= 0.6 is 0 Å². The Kier molecular flexibility index (Phi) is 6.08. The molecule has 0 aliphatic heterocycles. The third-order valence-electron chi connectivity index (χ3n) is 3.26. The fourth-order valence-corrected chi connectivity index (χ4v) is 1.83. The third-order valence-corrected chi connectivity index (χ3v) is 3.26. The van der Waals surface area contributed by atoms with Crippen molar-refractivity contribution in [2.24, 2.45) is 5.41 Å². The molecule has 1 amide bonds. The van der Waals surface area contributed by atoms with E-state index in [9.17, 15) is 13.6 Å². The Morgan fingerprint density at radius 2 is 1.86 bits per heavy atom. The fourth-order valence-electron chi connectivity index (χ4n) is 1.83. The van der Waals surface area contributed by atoms with Gasteiger partial charge in [-0.05, 0) is 24.0 Å². The lowest BCUT2D eigenvalue weighted by molar-refractivity contribution is 0.0920. The van der Waals surface area contributed by atoms with E-state index in [2.05, 4.69) is 10.6 Å². The molecule has 0 aromatic heterocycles. The molecule has 0 saturated carbocycles. The normalized spacial score (nSPS) is 11.3. The highest BCUT2D eigenvalue weighted by atomic mass is 19.1. The van der Waals surface area contributed by atoms with E-state index in [0.717, 1.165) is 18.6 Å². The van der Waals surface area contributed by atoms with Gasteiger partial charge in [-0.25, -0.2) is 8.78 Å². The molecular formula is C15H22F2N2O2. The Bertz CT molecular complexity index is 481. The number of carbonyl (C=O) groups is 1. The molecule has 1 aromatic rings. The molecule has 0 fully saturated rings. The number of nitrogens with one attached hydrogen (secondary N) is 2. The zero-order valence-corrected chi connectivity index (χ0v) is 12.8. The van der Waals surface area contributed by atoms with E-state index in [0.29, 0.717) is 13.2 Å². The van der Waals surface area contributed by atoms with Gasteiger partial charge in [-0.15, -0.1) is 0 Å². The first-order valence-corrected chi connectivity index (χ1v) is 6.74. The van der Waals surface area contributed by atoms with Crippen LogP contribution < -0.4 is 10.6 Å². The van der Waals surface area contributed by atoms with Crippen molar-refractivity contribution in [3.8, 4) is 0 Å². The molecule has 0 saturated heterocycles. The zero-order chi connectivity index (χ0) is 16.0. The van der Waals surface area contributed by atoms with Gasteiger partial charge in [0.15, 0.2) is 0 Å². The van der Waals surface area contributed by atoms with Crippen molar-refractivity contribution in [3.63, 3.8) is 0 Å². The number of benzene rings is 1. The molecule has 0 unspecified atom stereocenters. The summed E-state index contributed by atoms with van der Waals surface area (Å²) >= 11 is 0. The summed E-state index contributed by atoms with van der Waals surface area (Å²) in [6.07, 6.45) is 0.769. The number of hydrogen-bond acceptors (Lipinski definition) is 3. The maximum Gasteiger partial charge on any atom is 0.251 e. The molecule has 0 heterocycles. The van der Waals surface area contributed by atoms with Gasteiger partial charge in [0.2, 0.25) is 0 Å². The van der Waals surface area contributed by atoms with Crippen molar-refractivity contribution in [3.05, 3.63) is 29.3 Å². The van der Waals surface area contributed by atoms with Crippen molar-refractivity contribution in [2.75, 3.05) is 32.6 Å². The van der Waals surface area contributed by atoms with Crippen LogP contribution in [0.5, 0.6) is 0 Å². The molecule has 118 valence electrons. The Balaban J connectivity index is 2.72. The third kappa shape index (κ3) is 4.97. The first-order chi connectivity index (χ1) is 9.80. The Labute approximate surface area is 123 Å². The van der Waals surface area contributed by atoms with E-state index < -0.39 is 17.5 Å². The van der Waals surface area contributed by atoms with Crippen LogP contribution in [0.4, 0.5) is 14.5 Å². The van der Waals surface area contributed by atoms with E-state index >= 15 is 0 Å². The zero-order valence-electron chi connectivity index (χ0n) is 12.8. The molecule has 0 radical (unpaired) electrons. The minimum atomic E-state index is -0.790. The van der Waals surface area contributed by atoms with Crippen LogP contribution in [0.1, 0.15) is 30.6 Å². The van der Waals surface area contributed by atoms with Gasteiger partial charge < -0.3 is 15.4 Å². The van der Waals surface area contributed by atoms with Gasteiger partial charge in [0.1, 0.15) is 17.3 Å². The second-order valence-electron chi connectivity index (χ2n) is 5.65. The Morgan fingerprint density at radius 3 is 2.33 bits per heavy atom. The lowest BCUT2D eigenvalue weighted by atomic mass is 9.89. The maximum atomic E-state index is 13.6. The van der Waals surface area contributed by atoms with Crippen LogP contribution in [0.15, 0.2) is 12.1 Å². The molecular weight excluding hydrogens is 278 g/mol. The second kappa shape index (κ2) is 7.36. The summed E-state index contributed by atoms with van der Waals surface area (Å²) in [6, 6.07) is 2.04. The number of amides is 1. The van der Waals surface area contributed by atoms with Crippen LogP contribution in [-0.2, 0) is 4.74 Å². The molecule has 0 bridgehead atoms. The highest BCUT2D eigenvalue weighted by Gasteiger charge is 2.20. The summed E-state index contributed by atoms with van der Waals surface area (Å²) in [5.74, 6) is -2.08. The molecule has 1 aromatic carbocycles. The van der Waals surface area contributed by atoms with Gasteiger partial charge in [0.05, 0.1) is 0 Å². The molecule has 2 N–H and O–H groups in total. The highest BCUT2D eigenvalue weighted by molar-refractivity contribution is 5.94. The number of anilines is 1. The first kappa shape index (κ1) is 17.4. The topological polar surface area (TPSA) is 50.4 Å². The van der Waals surface area contributed by atoms with Crippen molar-refractivity contribution in [1.82, 2.24) is 5.32 Å². The van der Waals surface area contributed by atoms with Crippen LogP contribution in [-0.4, -0.2) is 33.2 Å². The van der Waals surface area contributed by atoms with Gasteiger partial charge in [-0.1, -0.05) is 13.8 Å². The van der Waals surface area contributed by atoms with E-state index in [-0.39, 0.29) is 16.7 Å². The molecule has 1 rings (SSSR count). The smallest absolute Gasteiger partial charge is 0.251 e. The van der Waals surface area contributed by atoms with Gasteiger partial charge >= 0.3 is 0 Å². The Morgan fingerprint density at radius 1 is 1.29 bits per heavy atom. The van der Waals surface area contributed by atoms with Gasteiger partial charge in [0, 0.05) is 32.9 Å². The summed E-state index contributed by atoms with van der Waals surface area (Å²) in [5, 5.41) is 5.11. The summed E-state index contributed by atoms with van der Waals surface area (Å²) in [4.78, 5) is 12.0. The first-order valence-electron chi connectivity index (χ1n) is 6.74. The standard InChI is InChI=1S/C15H22F2N2O2/c1-15(2,5-6-21-4)9-19-14(20)10-7-11(16)13(18-3)12(17)8-10/h7-8,18H,5-6,9H2,1-4H3,(H,19,20). The van der Waals surface area contributed by atoms with Crippen LogP contribution in [0.3, 0.4) is 0 Å². The lowest BCUT2D eigenvalue weighted by Gasteiger charge is -2.24. The minimum Gasteiger partial charge on any atom is -0.385 e. The molecule has 0 atom stereocenters. The lowest BCUT2D eigenvalue weighted by Crippen LogP contribution is -2.34. The molecule has 6 heteroatoms. The van der Waals surface area contributed by atoms with Crippen LogP contribution in [0.25, 0.3) is 0 Å². The summed E-state index contributed by atoms with van der Waals surface area (Å²) in [5.41, 5.74) is -0.438. The number of rotatable bonds is 7. The number of hydrogen-bond donors (Lipinski definition) is 2. The average molecular weight is 300 g/mol. The van der Waals surface area contributed by atoms with Gasteiger partial charge in [0.25, 0.3) is 5.91 Å². The van der Waals surface area contributed by atoms with Gasteiger partial charge in [-0.3, -0.25) is 4.79 Å². The SMILES string of the molecule is CNc1c(F)cc(C(=O)NCC(C)(C)CCOC)cc1F. The number of methoxy groups -OCH3 is 1. The maximum absolute atomic E-state index is 13.6. The fraction of sp³-hybridized carbons (Fsp3) is 0.533. The number of halogens is 2. The van der Waals surface area contributed by atoms with E-state index in [1.165, 1.54) is 7.05 Å². The van der Waals surface area contributed by atoms with Crippen molar-refractivity contribution < 1.29 is 18.3 Å². The number of ether oxygens (including phenoxy) is 1. The van der Waals surface area contributed by atoms with Crippen LogP contribution in [0, 0.1) is 17.0 Å². The van der Waals surface area contributed by atoms with Gasteiger partial charge in [-0.2, -0.15) is 0 Å². The summed E-state index contributed by atoms with van der Waals surface area (Å²) in [7, 11) is 3.03. The van der Waals surface area contributed by atoms with Crippen molar-refractivity contribution in [2.45, 2.75) is 20.3 Å². The molecule has 0 aliphatic rings. The quantitative estimate of drug-likeness (QED) is 0.814. The van der Waals surface area contributed by atoms with Crippen molar-refractivity contribution >= 4 is 11.6 Å². The molecule has 0 aliphatic carbocycles. The highest BCUT2D eigenvalue weighted by Crippen LogP contribution is 2.21. The monoisotopic (exact) mass is 300 g/mol. The summed E-state index contributed by atoms with van der Waals surface area (Å²) < 4.78 is 32.2.